The summed E-state index contributed by atoms with van der Waals surface area (Å²) < 4.78 is 5.94. The lowest BCUT2D eigenvalue weighted by Gasteiger charge is -2.10. The fourth-order valence-corrected chi connectivity index (χ4v) is 4.98. The number of benzene rings is 2. The van der Waals surface area contributed by atoms with Gasteiger partial charge in [0.05, 0.1) is 18.7 Å². The van der Waals surface area contributed by atoms with Crippen molar-refractivity contribution in [1.29, 1.82) is 0 Å². The molecule has 166 valence electrons. The highest BCUT2D eigenvalue weighted by molar-refractivity contribution is 7.15. The van der Waals surface area contributed by atoms with Crippen LogP contribution in [0.1, 0.15) is 56.4 Å². The molecule has 1 heterocycles. The van der Waals surface area contributed by atoms with E-state index in [0.717, 1.165) is 40.3 Å². The number of carboxylic acid groups (broad SMARTS) is 1. The quantitative estimate of drug-likeness (QED) is 0.496. The topological polar surface area (TPSA) is 88.5 Å². The van der Waals surface area contributed by atoms with Crippen LogP contribution in [0.2, 0.25) is 0 Å². The zero-order valence-electron chi connectivity index (χ0n) is 18.2. The molecule has 1 amide bonds. The van der Waals surface area contributed by atoms with Crippen molar-refractivity contribution in [2.24, 2.45) is 0 Å². The van der Waals surface area contributed by atoms with E-state index in [4.69, 9.17) is 9.84 Å². The van der Waals surface area contributed by atoms with Crippen LogP contribution in [0.4, 0.5) is 5.13 Å². The number of amides is 1. The van der Waals surface area contributed by atoms with E-state index in [0.29, 0.717) is 23.7 Å². The second kappa shape index (κ2) is 9.53. The van der Waals surface area contributed by atoms with Crippen molar-refractivity contribution in [1.82, 2.24) is 4.98 Å². The molecule has 0 saturated carbocycles. The fraction of sp³-hybridized carbons (Fsp3) is 0.320. The van der Waals surface area contributed by atoms with Crippen LogP contribution < -0.4 is 10.1 Å². The monoisotopic (exact) mass is 450 g/mol. The van der Waals surface area contributed by atoms with E-state index < -0.39 is 5.97 Å². The summed E-state index contributed by atoms with van der Waals surface area (Å²) in [6.07, 6.45) is 2.58. The number of carbonyl (C=O) groups is 2. The van der Waals surface area contributed by atoms with Crippen LogP contribution >= 0.6 is 11.3 Å². The molecule has 2 N–H and O–H groups in total. The summed E-state index contributed by atoms with van der Waals surface area (Å²) >= 11 is 1.46. The SMILES string of the molecule is Cc1cccc(C(=O)Nc2nc(CCOc3ccc4c(c3)CC[C@H]4CC(=O)O)c(C)s2)c1. The van der Waals surface area contributed by atoms with Crippen molar-refractivity contribution in [2.75, 3.05) is 11.9 Å². The molecule has 1 aliphatic rings. The number of aliphatic carboxylic acids is 1. The summed E-state index contributed by atoms with van der Waals surface area (Å²) in [6.45, 7) is 4.43. The Kier molecular flexibility index (Phi) is 6.55. The molecule has 1 aliphatic carbocycles. The lowest BCUT2D eigenvalue weighted by Crippen LogP contribution is -2.12. The first-order chi connectivity index (χ1) is 15.4. The Balaban J connectivity index is 1.33. The number of ether oxygens (including phenoxy) is 1. The number of aryl methyl sites for hydroxylation is 3. The zero-order chi connectivity index (χ0) is 22.7. The maximum Gasteiger partial charge on any atom is 0.303 e. The van der Waals surface area contributed by atoms with E-state index >= 15 is 0 Å². The van der Waals surface area contributed by atoms with Gasteiger partial charge in [-0.3, -0.25) is 14.9 Å². The van der Waals surface area contributed by atoms with Crippen LogP contribution in [0.5, 0.6) is 5.75 Å². The highest BCUT2D eigenvalue weighted by Gasteiger charge is 2.25. The Morgan fingerprint density at radius 3 is 2.84 bits per heavy atom. The molecule has 7 heteroatoms. The first kappa shape index (κ1) is 22.0. The van der Waals surface area contributed by atoms with Crippen molar-refractivity contribution in [3.8, 4) is 5.75 Å². The maximum atomic E-state index is 12.5. The van der Waals surface area contributed by atoms with Gasteiger partial charge >= 0.3 is 5.97 Å². The van der Waals surface area contributed by atoms with Gasteiger partial charge in [-0.25, -0.2) is 4.98 Å². The second-order valence-corrected chi connectivity index (χ2v) is 9.34. The van der Waals surface area contributed by atoms with E-state index in [-0.39, 0.29) is 18.2 Å². The number of nitrogens with one attached hydrogen (secondary N) is 1. The number of rotatable bonds is 8. The van der Waals surface area contributed by atoms with Gasteiger partial charge in [0.25, 0.3) is 5.91 Å². The number of anilines is 1. The van der Waals surface area contributed by atoms with Crippen molar-refractivity contribution in [2.45, 2.75) is 45.4 Å². The van der Waals surface area contributed by atoms with E-state index in [9.17, 15) is 9.59 Å². The molecule has 0 fully saturated rings. The summed E-state index contributed by atoms with van der Waals surface area (Å²) in [5.41, 5.74) is 4.88. The van der Waals surface area contributed by atoms with Gasteiger partial charge in [0.1, 0.15) is 5.75 Å². The molecule has 0 saturated heterocycles. The predicted molar refractivity (Wildman–Crippen MR) is 125 cm³/mol. The molecule has 1 atom stereocenters. The van der Waals surface area contributed by atoms with Gasteiger partial charge in [0, 0.05) is 16.9 Å². The number of carbonyl (C=O) groups excluding carboxylic acids is 1. The van der Waals surface area contributed by atoms with Gasteiger partial charge in [0.15, 0.2) is 5.13 Å². The first-order valence-corrected chi connectivity index (χ1v) is 11.5. The number of hydrogen-bond acceptors (Lipinski definition) is 5. The third kappa shape index (κ3) is 5.16. The Morgan fingerprint density at radius 2 is 2.06 bits per heavy atom. The number of hydrogen-bond donors (Lipinski definition) is 2. The fourth-order valence-electron chi connectivity index (χ4n) is 4.13. The summed E-state index contributed by atoms with van der Waals surface area (Å²) in [5.74, 6) is -0.0240. The minimum atomic E-state index is -0.753. The van der Waals surface area contributed by atoms with E-state index in [1.54, 1.807) is 6.07 Å². The van der Waals surface area contributed by atoms with Gasteiger partial charge in [0.2, 0.25) is 0 Å². The standard InChI is InChI=1S/C25H26N2O4S/c1-15-4-3-5-19(12-15)24(30)27-25-26-22(16(2)32-25)10-11-31-20-8-9-21-17(13-20)6-7-18(21)14-23(28)29/h3-5,8-9,12-13,18H,6-7,10-11,14H2,1-2H3,(H,28,29)(H,26,27,30)/t18-/m0/s1. The van der Waals surface area contributed by atoms with Crippen molar-refractivity contribution >= 4 is 28.3 Å². The second-order valence-electron chi connectivity index (χ2n) is 8.14. The van der Waals surface area contributed by atoms with Crippen molar-refractivity contribution in [3.05, 3.63) is 75.3 Å². The molecule has 1 aromatic heterocycles. The molecular formula is C25H26N2O4S. The van der Waals surface area contributed by atoms with Crippen molar-refractivity contribution in [3.63, 3.8) is 0 Å². The van der Waals surface area contributed by atoms with Gasteiger partial charge in [-0.2, -0.15) is 0 Å². The predicted octanol–water partition coefficient (Wildman–Crippen LogP) is 5.14. The molecule has 6 nitrogen and oxygen atoms in total. The maximum absolute atomic E-state index is 12.5. The Labute approximate surface area is 191 Å². The lowest BCUT2D eigenvalue weighted by atomic mass is 9.98. The Hall–Kier alpha value is -3.19. The summed E-state index contributed by atoms with van der Waals surface area (Å²) in [6, 6.07) is 13.4. The van der Waals surface area contributed by atoms with Crippen LogP contribution in [0.25, 0.3) is 0 Å². The third-order valence-corrected chi connectivity index (χ3v) is 6.67. The minimum Gasteiger partial charge on any atom is -0.493 e. The van der Waals surface area contributed by atoms with E-state index in [1.165, 1.54) is 16.9 Å². The number of aromatic nitrogens is 1. The Morgan fingerprint density at radius 1 is 1.22 bits per heavy atom. The van der Waals surface area contributed by atoms with Crippen LogP contribution in [-0.4, -0.2) is 28.6 Å². The largest absolute Gasteiger partial charge is 0.493 e. The summed E-state index contributed by atoms with van der Waals surface area (Å²) in [4.78, 5) is 29.1. The average molecular weight is 451 g/mol. The molecular weight excluding hydrogens is 424 g/mol. The van der Waals surface area contributed by atoms with E-state index in [1.807, 2.05) is 50.2 Å². The average Bonchev–Trinajstić information content (AvgIpc) is 3.30. The van der Waals surface area contributed by atoms with Crippen LogP contribution in [0.15, 0.2) is 42.5 Å². The molecule has 3 aromatic rings. The van der Waals surface area contributed by atoms with Gasteiger partial charge < -0.3 is 9.84 Å². The molecule has 0 unspecified atom stereocenters. The lowest BCUT2D eigenvalue weighted by molar-refractivity contribution is -0.137. The van der Waals surface area contributed by atoms with E-state index in [2.05, 4.69) is 10.3 Å². The van der Waals surface area contributed by atoms with Crippen LogP contribution in [0, 0.1) is 13.8 Å². The van der Waals surface area contributed by atoms with Crippen molar-refractivity contribution < 1.29 is 19.4 Å². The smallest absolute Gasteiger partial charge is 0.303 e. The normalized spacial score (nSPS) is 14.8. The number of nitrogens with zero attached hydrogens (tertiary/aromatic N) is 1. The Bertz CT molecular complexity index is 1150. The third-order valence-electron chi connectivity index (χ3n) is 5.74. The molecule has 0 spiro atoms. The minimum absolute atomic E-state index is 0.0997. The first-order valence-electron chi connectivity index (χ1n) is 10.7. The highest BCUT2D eigenvalue weighted by Crippen LogP contribution is 2.37. The summed E-state index contributed by atoms with van der Waals surface area (Å²) in [5, 5.41) is 12.5. The molecule has 0 aliphatic heterocycles. The zero-order valence-corrected chi connectivity index (χ0v) is 19.0. The van der Waals surface area contributed by atoms with Gasteiger partial charge in [-0.1, -0.05) is 23.8 Å². The molecule has 0 radical (unpaired) electrons. The molecule has 4 rings (SSSR count). The molecule has 0 bridgehead atoms. The summed E-state index contributed by atoms with van der Waals surface area (Å²) in [7, 11) is 0. The molecule has 32 heavy (non-hydrogen) atoms. The van der Waals surface area contributed by atoms with Crippen LogP contribution in [-0.2, 0) is 17.6 Å². The van der Waals surface area contributed by atoms with Crippen LogP contribution in [0.3, 0.4) is 0 Å². The van der Waals surface area contributed by atoms with Gasteiger partial charge in [-0.05, 0) is 68.0 Å². The molecule has 2 aromatic carbocycles. The number of fused-ring (bicyclic) bond motifs is 1. The van der Waals surface area contributed by atoms with Gasteiger partial charge in [-0.15, -0.1) is 11.3 Å². The highest BCUT2D eigenvalue weighted by atomic mass is 32.1. The number of thiazole rings is 1. The number of carboxylic acids is 1.